The van der Waals surface area contributed by atoms with Gasteiger partial charge in [-0.25, -0.2) is 0 Å². The summed E-state index contributed by atoms with van der Waals surface area (Å²) < 4.78 is 10.7. The van der Waals surface area contributed by atoms with E-state index in [2.05, 4.69) is 31.5 Å². The molecule has 1 aliphatic heterocycles. The summed E-state index contributed by atoms with van der Waals surface area (Å²) in [6.07, 6.45) is 0.959. The number of nitrogens with one attached hydrogen (secondary N) is 1. The lowest BCUT2D eigenvalue weighted by Gasteiger charge is -2.16. The molecule has 0 spiro atoms. The minimum absolute atomic E-state index is 0.0800. The number of fused-ring (bicyclic) bond motifs is 1. The summed E-state index contributed by atoms with van der Waals surface area (Å²) >= 11 is 0. The summed E-state index contributed by atoms with van der Waals surface area (Å²) in [7, 11) is 1.66. The summed E-state index contributed by atoms with van der Waals surface area (Å²) in [4.78, 5) is 5.23. The molecule has 0 unspecified atom stereocenters. The van der Waals surface area contributed by atoms with Crippen molar-refractivity contribution in [1.82, 2.24) is 5.48 Å². The Kier molecular flexibility index (Phi) is 4.22. The highest BCUT2D eigenvalue weighted by Gasteiger charge is 2.29. The van der Waals surface area contributed by atoms with Crippen molar-refractivity contribution in [1.29, 1.82) is 0 Å². The van der Waals surface area contributed by atoms with E-state index in [-0.39, 0.29) is 5.60 Å². The summed E-state index contributed by atoms with van der Waals surface area (Å²) in [5.41, 5.74) is 5.32. The molecule has 0 fully saturated rings. The highest BCUT2D eigenvalue weighted by Crippen LogP contribution is 2.35. The van der Waals surface area contributed by atoms with Crippen molar-refractivity contribution >= 4 is 0 Å². The highest BCUT2D eigenvalue weighted by molar-refractivity contribution is 5.41. The standard InChI is InChI=1S/C14H21NO3/c1-14(2)9-12-8-11(4-5-13(12)18-14)10-15-17-7-6-16-3/h4-5,8,15H,6-7,9-10H2,1-3H3. The van der Waals surface area contributed by atoms with Gasteiger partial charge >= 0.3 is 0 Å². The third-order valence-corrected chi connectivity index (χ3v) is 2.90. The van der Waals surface area contributed by atoms with Gasteiger partial charge in [-0.15, -0.1) is 0 Å². The minimum atomic E-state index is -0.0800. The molecule has 0 aliphatic carbocycles. The molecule has 0 bridgehead atoms. The lowest BCUT2D eigenvalue weighted by Crippen LogP contribution is -2.24. The van der Waals surface area contributed by atoms with Gasteiger partial charge in [0.05, 0.1) is 13.2 Å². The zero-order chi connectivity index (χ0) is 13.0. The zero-order valence-electron chi connectivity index (χ0n) is 11.3. The van der Waals surface area contributed by atoms with Crippen LogP contribution in [0.4, 0.5) is 0 Å². The van der Waals surface area contributed by atoms with Crippen LogP contribution in [0.3, 0.4) is 0 Å². The molecule has 1 aliphatic rings. The first-order chi connectivity index (χ1) is 8.61. The Bertz CT molecular complexity index is 404. The molecule has 4 heteroatoms. The second kappa shape index (κ2) is 5.69. The fourth-order valence-corrected chi connectivity index (χ4v) is 2.10. The molecule has 0 radical (unpaired) electrons. The van der Waals surface area contributed by atoms with Crippen LogP contribution in [-0.4, -0.2) is 25.9 Å². The van der Waals surface area contributed by atoms with Gasteiger partial charge in [-0.2, -0.15) is 5.48 Å². The van der Waals surface area contributed by atoms with Crippen LogP contribution in [0.5, 0.6) is 5.75 Å². The van der Waals surface area contributed by atoms with E-state index in [9.17, 15) is 0 Å². The monoisotopic (exact) mass is 251 g/mol. The van der Waals surface area contributed by atoms with E-state index in [1.54, 1.807) is 7.11 Å². The van der Waals surface area contributed by atoms with Crippen molar-refractivity contribution in [2.75, 3.05) is 20.3 Å². The van der Waals surface area contributed by atoms with E-state index >= 15 is 0 Å². The van der Waals surface area contributed by atoms with Gasteiger partial charge in [0.15, 0.2) is 0 Å². The third-order valence-electron chi connectivity index (χ3n) is 2.90. The molecule has 1 aromatic rings. The van der Waals surface area contributed by atoms with E-state index in [1.807, 2.05) is 6.07 Å². The summed E-state index contributed by atoms with van der Waals surface area (Å²) in [6.45, 7) is 6.06. The van der Waals surface area contributed by atoms with E-state index in [4.69, 9.17) is 14.3 Å². The Morgan fingerprint density at radius 2 is 2.17 bits per heavy atom. The van der Waals surface area contributed by atoms with Gasteiger partial charge in [0.25, 0.3) is 0 Å². The second-order valence-electron chi connectivity index (χ2n) is 5.14. The molecular weight excluding hydrogens is 230 g/mol. The molecule has 0 aromatic heterocycles. The zero-order valence-corrected chi connectivity index (χ0v) is 11.3. The highest BCUT2D eigenvalue weighted by atomic mass is 16.7. The Balaban J connectivity index is 1.85. The minimum Gasteiger partial charge on any atom is -0.487 e. The summed E-state index contributed by atoms with van der Waals surface area (Å²) in [5, 5.41) is 0. The SMILES string of the molecule is COCCONCc1ccc2c(c1)CC(C)(C)O2. The first kappa shape index (κ1) is 13.3. The molecule has 4 nitrogen and oxygen atoms in total. The second-order valence-corrected chi connectivity index (χ2v) is 5.14. The van der Waals surface area contributed by atoms with Gasteiger partial charge in [-0.1, -0.05) is 12.1 Å². The van der Waals surface area contributed by atoms with Crippen LogP contribution in [0.25, 0.3) is 0 Å². The van der Waals surface area contributed by atoms with E-state index in [0.717, 1.165) is 12.2 Å². The summed E-state index contributed by atoms with van der Waals surface area (Å²) in [6, 6.07) is 6.28. The molecule has 1 aromatic carbocycles. The number of methoxy groups -OCH3 is 1. The largest absolute Gasteiger partial charge is 0.487 e. The number of hydrogen-bond donors (Lipinski definition) is 1. The van der Waals surface area contributed by atoms with E-state index < -0.39 is 0 Å². The van der Waals surface area contributed by atoms with Gasteiger partial charge in [0.2, 0.25) is 0 Å². The first-order valence-electron chi connectivity index (χ1n) is 6.25. The Hall–Kier alpha value is -1.10. The maximum atomic E-state index is 5.84. The molecule has 1 N–H and O–H groups in total. The van der Waals surface area contributed by atoms with Gasteiger partial charge < -0.3 is 9.47 Å². The molecule has 0 atom stereocenters. The fourth-order valence-electron chi connectivity index (χ4n) is 2.10. The van der Waals surface area contributed by atoms with Crippen LogP contribution >= 0.6 is 0 Å². The van der Waals surface area contributed by atoms with Crippen molar-refractivity contribution in [2.24, 2.45) is 0 Å². The molecular formula is C14H21NO3. The topological polar surface area (TPSA) is 39.7 Å². The van der Waals surface area contributed by atoms with Crippen molar-refractivity contribution < 1.29 is 14.3 Å². The Morgan fingerprint density at radius 1 is 1.33 bits per heavy atom. The Morgan fingerprint density at radius 3 is 2.94 bits per heavy atom. The number of hydroxylamine groups is 1. The van der Waals surface area contributed by atoms with Gasteiger partial charge in [0.1, 0.15) is 11.4 Å². The molecule has 0 saturated carbocycles. The fraction of sp³-hybridized carbons (Fsp3) is 0.571. The van der Waals surface area contributed by atoms with E-state index in [1.165, 1.54) is 11.1 Å². The van der Waals surface area contributed by atoms with Gasteiger partial charge in [0, 0.05) is 20.1 Å². The number of rotatable bonds is 6. The molecule has 0 amide bonds. The van der Waals surface area contributed by atoms with Crippen LogP contribution < -0.4 is 10.2 Å². The molecule has 1 heterocycles. The smallest absolute Gasteiger partial charge is 0.123 e. The predicted octanol–water partition coefficient (Wildman–Crippen LogP) is 2.07. The quantitative estimate of drug-likeness (QED) is 0.620. The summed E-state index contributed by atoms with van der Waals surface area (Å²) in [5.74, 6) is 1.00. The number of hydrogen-bond acceptors (Lipinski definition) is 4. The normalized spacial score (nSPS) is 16.4. The van der Waals surface area contributed by atoms with Gasteiger partial charge in [-0.3, -0.25) is 4.84 Å². The maximum Gasteiger partial charge on any atom is 0.123 e. The number of ether oxygens (including phenoxy) is 2. The Labute approximate surface area is 108 Å². The van der Waals surface area contributed by atoms with Crippen LogP contribution in [-0.2, 0) is 22.5 Å². The molecule has 0 saturated heterocycles. The van der Waals surface area contributed by atoms with Crippen molar-refractivity contribution in [3.8, 4) is 5.75 Å². The van der Waals surface area contributed by atoms with Crippen molar-refractivity contribution in [3.05, 3.63) is 29.3 Å². The molecule has 2 rings (SSSR count). The van der Waals surface area contributed by atoms with Crippen LogP contribution in [0.2, 0.25) is 0 Å². The van der Waals surface area contributed by atoms with Crippen LogP contribution in [0, 0.1) is 0 Å². The van der Waals surface area contributed by atoms with Crippen LogP contribution in [0.1, 0.15) is 25.0 Å². The van der Waals surface area contributed by atoms with Crippen LogP contribution in [0.15, 0.2) is 18.2 Å². The molecule has 18 heavy (non-hydrogen) atoms. The third kappa shape index (κ3) is 3.45. The maximum absolute atomic E-state index is 5.84. The van der Waals surface area contributed by atoms with Crippen molar-refractivity contribution in [3.63, 3.8) is 0 Å². The average molecular weight is 251 g/mol. The molecule has 100 valence electrons. The average Bonchev–Trinajstić information content (AvgIpc) is 2.62. The number of benzene rings is 1. The predicted molar refractivity (Wildman–Crippen MR) is 69.5 cm³/mol. The van der Waals surface area contributed by atoms with E-state index in [0.29, 0.717) is 19.8 Å². The lowest BCUT2D eigenvalue weighted by molar-refractivity contribution is 0.00346. The van der Waals surface area contributed by atoms with Gasteiger partial charge in [-0.05, 0) is 31.0 Å². The lowest BCUT2D eigenvalue weighted by atomic mass is 10.0. The van der Waals surface area contributed by atoms with Crippen molar-refractivity contribution in [2.45, 2.75) is 32.4 Å². The first-order valence-corrected chi connectivity index (χ1v) is 6.25.